The van der Waals surface area contributed by atoms with Crippen LogP contribution < -0.4 is 11.1 Å². The molecular weight excluding hydrogens is 218 g/mol. The molecule has 3 atom stereocenters. The number of hydrogen-bond acceptors (Lipinski definition) is 3. The molecule has 0 radical (unpaired) electrons. The minimum Gasteiger partial charge on any atom is -0.344 e. The molecular formula is C12H19N3O2. The van der Waals surface area contributed by atoms with Gasteiger partial charge in [0.1, 0.15) is 6.04 Å². The topological polar surface area (TPSA) is 75.4 Å². The molecule has 3 aliphatic rings. The molecule has 0 aromatic carbocycles. The Morgan fingerprint density at radius 1 is 1.24 bits per heavy atom. The Hall–Kier alpha value is -1.10. The Kier molecular flexibility index (Phi) is 2.58. The van der Waals surface area contributed by atoms with Gasteiger partial charge >= 0.3 is 0 Å². The molecule has 2 amide bonds. The maximum absolute atomic E-state index is 12.4. The summed E-state index contributed by atoms with van der Waals surface area (Å²) < 4.78 is 0. The van der Waals surface area contributed by atoms with Crippen molar-refractivity contribution in [3.05, 3.63) is 0 Å². The van der Waals surface area contributed by atoms with Crippen molar-refractivity contribution >= 4 is 11.8 Å². The normalized spacial score (nSPS) is 40.5. The van der Waals surface area contributed by atoms with Gasteiger partial charge in [-0.05, 0) is 32.1 Å². The quantitative estimate of drug-likeness (QED) is 0.660. The van der Waals surface area contributed by atoms with Gasteiger partial charge in [0, 0.05) is 24.5 Å². The molecule has 0 aliphatic carbocycles. The lowest BCUT2D eigenvalue weighted by Crippen LogP contribution is -2.54. The van der Waals surface area contributed by atoms with E-state index in [1.807, 2.05) is 4.90 Å². The molecule has 0 aromatic heterocycles. The first-order valence-corrected chi connectivity index (χ1v) is 6.52. The van der Waals surface area contributed by atoms with Crippen LogP contribution >= 0.6 is 0 Å². The van der Waals surface area contributed by atoms with Crippen LogP contribution in [0.2, 0.25) is 0 Å². The second-order valence-electron chi connectivity index (χ2n) is 5.52. The van der Waals surface area contributed by atoms with Crippen LogP contribution in [0.15, 0.2) is 0 Å². The van der Waals surface area contributed by atoms with E-state index in [2.05, 4.69) is 5.32 Å². The van der Waals surface area contributed by atoms with E-state index in [-0.39, 0.29) is 23.9 Å². The Bertz CT molecular complexity index is 344. The summed E-state index contributed by atoms with van der Waals surface area (Å²) in [5.74, 6) is 0.125. The fraction of sp³-hybridized carbons (Fsp3) is 0.833. The fourth-order valence-corrected chi connectivity index (χ4v) is 3.56. The van der Waals surface area contributed by atoms with Gasteiger partial charge in [-0.25, -0.2) is 0 Å². The van der Waals surface area contributed by atoms with Gasteiger partial charge in [0.2, 0.25) is 11.8 Å². The zero-order chi connectivity index (χ0) is 12.0. The summed E-state index contributed by atoms with van der Waals surface area (Å²) in [5, 5.41) is 2.77. The Morgan fingerprint density at radius 3 is 2.41 bits per heavy atom. The van der Waals surface area contributed by atoms with Crippen molar-refractivity contribution in [2.45, 2.75) is 62.7 Å². The number of piperidine rings is 1. The molecule has 2 bridgehead atoms. The third-order valence-corrected chi connectivity index (χ3v) is 4.32. The van der Waals surface area contributed by atoms with Crippen molar-refractivity contribution in [3.63, 3.8) is 0 Å². The summed E-state index contributed by atoms with van der Waals surface area (Å²) in [4.78, 5) is 25.6. The highest BCUT2D eigenvalue weighted by atomic mass is 16.2. The highest BCUT2D eigenvalue weighted by Gasteiger charge is 2.44. The molecule has 17 heavy (non-hydrogen) atoms. The molecule has 3 saturated heterocycles. The average Bonchev–Trinajstić information content (AvgIpc) is 2.81. The van der Waals surface area contributed by atoms with Gasteiger partial charge in [-0.2, -0.15) is 0 Å². The van der Waals surface area contributed by atoms with E-state index in [4.69, 9.17) is 5.73 Å². The first-order chi connectivity index (χ1) is 8.15. The summed E-state index contributed by atoms with van der Waals surface area (Å²) in [7, 11) is 0. The molecule has 0 aromatic rings. The Labute approximate surface area is 101 Å². The molecule has 94 valence electrons. The summed E-state index contributed by atoms with van der Waals surface area (Å²) in [6.07, 6.45) is 5.13. The highest BCUT2D eigenvalue weighted by Crippen LogP contribution is 2.36. The van der Waals surface area contributed by atoms with Gasteiger partial charge in [0.05, 0.1) is 0 Å². The van der Waals surface area contributed by atoms with Crippen molar-refractivity contribution in [2.24, 2.45) is 5.73 Å². The molecule has 2 unspecified atom stereocenters. The maximum atomic E-state index is 12.4. The Balaban J connectivity index is 1.72. The Morgan fingerprint density at radius 2 is 1.88 bits per heavy atom. The van der Waals surface area contributed by atoms with Crippen molar-refractivity contribution < 1.29 is 9.59 Å². The summed E-state index contributed by atoms with van der Waals surface area (Å²) in [6, 6.07) is 0.595. The smallest absolute Gasteiger partial charge is 0.245 e. The van der Waals surface area contributed by atoms with Gasteiger partial charge in [0.15, 0.2) is 0 Å². The van der Waals surface area contributed by atoms with Gasteiger partial charge < -0.3 is 16.0 Å². The molecule has 3 fully saturated rings. The lowest BCUT2D eigenvalue weighted by molar-refractivity contribution is -0.138. The number of carbonyl (C=O) groups is 2. The number of carbonyl (C=O) groups excluding carboxylic acids is 2. The standard InChI is InChI=1S/C12H19N3O2/c13-7-5-8-1-2-9(6-7)15(8)12(17)10-3-4-11(16)14-10/h7-10H,1-6,13H2,(H,14,16)/t7?,8?,9?,10-/m1/s1. The first-order valence-electron chi connectivity index (χ1n) is 6.52. The zero-order valence-electron chi connectivity index (χ0n) is 9.89. The molecule has 3 heterocycles. The monoisotopic (exact) mass is 237 g/mol. The molecule has 5 nitrogen and oxygen atoms in total. The zero-order valence-corrected chi connectivity index (χ0v) is 9.89. The minimum atomic E-state index is -0.278. The van der Waals surface area contributed by atoms with Crippen LogP contribution in [0.5, 0.6) is 0 Å². The summed E-state index contributed by atoms with van der Waals surface area (Å²) >= 11 is 0. The number of fused-ring (bicyclic) bond motifs is 2. The first kappa shape index (κ1) is 11.0. The van der Waals surface area contributed by atoms with E-state index < -0.39 is 0 Å². The van der Waals surface area contributed by atoms with Gasteiger partial charge in [-0.15, -0.1) is 0 Å². The largest absolute Gasteiger partial charge is 0.344 e. The predicted octanol–water partition coefficient (Wildman–Crippen LogP) is -0.254. The minimum absolute atomic E-state index is 0.00408. The van der Waals surface area contributed by atoms with Gasteiger partial charge in [-0.1, -0.05) is 0 Å². The molecule has 0 spiro atoms. The second-order valence-corrected chi connectivity index (χ2v) is 5.52. The molecule has 3 N–H and O–H groups in total. The SMILES string of the molecule is NC1CC2CCC(C1)N2C(=O)[C@H]1CCC(=O)N1. The summed E-state index contributed by atoms with van der Waals surface area (Å²) in [5.41, 5.74) is 5.99. The number of amides is 2. The number of hydrogen-bond donors (Lipinski definition) is 2. The van der Waals surface area contributed by atoms with Crippen LogP contribution in [0.4, 0.5) is 0 Å². The number of nitrogens with two attached hydrogens (primary N) is 1. The second kappa shape index (κ2) is 3.98. The van der Waals surface area contributed by atoms with Crippen LogP contribution in [0, 0.1) is 0 Å². The van der Waals surface area contributed by atoms with Crippen molar-refractivity contribution in [1.29, 1.82) is 0 Å². The van der Waals surface area contributed by atoms with Crippen LogP contribution in [0.25, 0.3) is 0 Å². The van der Waals surface area contributed by atoms with E-state index in [1.165, 1.54) is 0 Å². The van der Waals surface area contributed by atoms with E-state index >= 15 is 0 Å². The van der Waals surface area contributed by atoms with E-state index in [9.17, 15) is 9.59 Å². The van der Waals surface area contributed by atoms with Crippen LogP contribution in [0.1, 0.15) is 38.5 Å². The fourth-order valence-electron chi connectivity index (χ4n) is 3.56. The number of rotatable bonds is 1. The van der Waals surface area contributed by atoms with Gasteiger partial charge in [0.25, 0.3) is 0 Å². The molecule has 3 aliphatic heterocycles. The summed E-state index contributed by atoms with van der Waals surface area (Å²) in [6.45, 7) is 0. The van der Waals surface area contributed by atoms with Crippen LogP contribution in [-0.4, -0.2) is 40.9 Å². The van der Waals surface area contributed by atoms with Crippen LogP contribution in [0.3, 0.4) is 0 Å². The number of nitrogens with zero attached hydrogens (tertiary/aromatic N) is 1. The molecule has 5 heteroatoms. The highest BCUT2D eigenvalue weighted by molar-refractivity contribution is 5.91. The van der Waals surface area contributed by atoms with Crippen molar-refractivity contribution in [3.8, 4) is 0 Å². The molecule has 0 saturated carbocycles. The van der Waals surface area contributed by atoms with Gasteiger partial charge in [-0.3, -0.25) is 9.59 Å². The molecule has 3 rings (SSSR count). The average molecular weight is 237 g/mol. The lowest BCUT2D eigenvalue weighted by atomic mass is 9.97. The predicted molar refractivity (Wildman–Crippen MR) is 62.0 cm³/mol. The van der Waals surface area contributed by atoms with Crippen LogP contribution in [-0.2, 0) is 9.59 Å². The lowest BCUT2D eigenvalue weighted by Gasteiger charge is -2.39. The maximum Gasteiger partial charge on any atom is 0.245 e. The third-order valence-electron chi connectivity index (χ3n) is 4.32. The van der Waals surface area contributed by atoms with E-state index in [0.717, 1.165) is 25.7 Å². The van der Waals surface area contributed by atoms with E-state index in [1.54, 1.807) is 0 Å². The third kappa shape index (κ3) is 1.82. The van der Waals surface area contributed by atoms with Crippen molar-refractivity contribution in [1.82, 2.24) is 10.2 Å². The van der Waals surface area contributed by atoms with E-state index in [0.29, 0.717) is 24.9 Å². The van der Waals surface area contributed by atoms with Crippen molar-refractivity contribution in [2.75, 3.05) is 0 Å². The number of nitrogens with one attached hydrogen (secondary N) is 1.